The largest absolute Gasteiger partial charge is 0.496 e. The van der Waals surface area contributed by atoms with Crippen molar-refractivity contribution in [1.82, 2.24) is 0 Å². The van der Waals surface area contributed by atoms with Gasteiger partial charge in [0, 0.05) is 45.8 Å². The minimum absolute atomic E-state index is 0.0715. The number of anilines is 4. The van der Waals surface area contributed by atoms with Crippen molar-refractivity contribution in [2.24, 2.45) is 0 Å². The van der Waals surface area contributed by atoms with Crippen molar-refractivity contribution in [2.45, 2.75) is 26.4 Å². The molecule has 8 aromatic carbocycles. The van der Waals surface area contributed by atoms with Crippen LogP contribution in [0.1, 0.15) is 74.8 Å². The maximum atomic E-state index is 14.5. The highest BCUT2D eigenvalue weighted by molar-refractivity contribution is 6.14. The summed E-state index contributed by atoms with van der Waals surface area (Å²) in [4.78, 5) is 58.6. The van der Waals surface area contributed by atoms with Crippen molar-refractivity contribution in [3.63, 3.8) is 0 Å². The molecular formula is C62H52N2O14. The van der Waals surface area contributed by atoms with Gasteiger partial charge >= 0.3 is 11.9 Å². The van der Waals surface area contributed by atoms with Gasteiger partial charge in [-0.3, -0.25) is 19.4 Å². The molecule has 4 N–H and O–H groups in total. The molecule has 0 aliphatic rings. The van der Waals surface area contributed by atoms with E-state index in [-0.39, 0.29) is 62.1 Å². The standard InChI is InChI=1S/C62H52N2O14/c1-73-55-34-58(76-4)57(75-3)33-52(55)60(70)64(48-13-9-6-10-14-48)54-28-22-42(32-56(54)74-2)62(72)78-50-25-19-40(20-26-50)16-15-39-17-23-49(24-18-39)77-61(71)41-21-27-53(46(29-41)38-68)63(47-11-7-5-8-12-47)59(69)51-31-44(36-66)43(35-65)30-45(51)37-67/h5-14,17-34,65-68H,35-38H2,1-4H3. The summed E-state index contributed by atoms with van der Waals surface area (Å²) in [7, 11) is 5.83. The highest BCUT2D eigenvalue weighted by Gasteiger charge is 2.29. The number of amides is 2. The molecule has 0 saturated carbocycles. The quantitative estimate of drug-likeness (QED) is 0.0358. The summed E-state index contributed by atoms with van der Waals surface area (Å²) in [6, 6.07) is 45.6. The Kier molecular flexibility index (Phi) is 17.6. The third kappa shape index (κ3) is 12.0. The second-order valence-corrected chi connectivity index (χ2v) is 17.1. The van der Waals surface area contributed by atoms with E-state index in [0.29, 0.717) is 50.8 Å². The third-order valence-corrected chi connectivity index (χ3v) is 12.4. The first-order valence-corrected chi connectivity index (χ1v) is 24.1. The molecule has 0 heterocycles. The van der Waals surface area contributed by atoms with E-state index in [1.165, 1.54) is 86.8 Å². The maximum absolute atomic E-state index is 14.5. The fourth-order valence-corrected chi connectivity index (χ4v) is 8.42. The van der Waals surface area contributed by atoms with Gasteiger partial charge in [0.15, 0.2) is 11.5 Å². The molecule has 0 spiro atoms. The molecule has 0 saturated heterocycles. The lowest BCUT2D eigenvalue weighted by Gasteiger charge is -2.27. The van der Waals surface area contributed by atoms with Gasteiger partial charge in [-0.25, -0.2) is 9.59 Å². The van der Waals surface area contributed by atoms with Crippen LogP contribution in [0, 0.1) is 11.8 Å². The second kappa shape index (κ2) is 25.2. The number of ether oxygens (including phenoxy) is 6. The van der Waals surface area contributed by atoms with Crippen LogP contribution >= 0.6 is 0 Å². The van der Waals surface area contributed by atoms with Crippen molar-refractivity contribution >= 4 is 46.5 Å². The Morgan fingerprint density at radius 3 is 1.32 bits per heavy atom. The van der Waals surface area contributed by atoms with Gasteiger partial charge in [-0.2, -0.15) is 0 Å². The molecular weight excluding hydrogens is 997 g/mol. The number of para-hydroxylation sites is 2. The molecule has 0 radical (unpaired) electrons. The monoisotopic (exact) mass is 1050 g/mol. The predicted octanol–water partition coefficient (Wildman–Crippen LogP) is 9.49. The molecule has 0 fully saturated rings. The van der Waals surface area contributed by atoms with E-state index in [1.807, 2.05) is 6.07 Å². The number of carbonyl (C=O) groups is 4. The number of hydrogen-bond donors (Lipinski definition) is 4. The van der Waals surface area contributed by atoms with Crippen LogP contribution in [0.2, 0.25) is 0 Å². The van der Waals surface area contributed by atoms with Gasteiger partial charge in [-0.15, -0.1) is 0 Å². The van der Waals surface area contributed by atoms with Crippen LogP contribution < -0.4 is 38.2 Å². The predicted molar refractivity (Wildman–Crippen MR) is 290 cm³/mol. The number of rotatable bonds is 18. The van der Waals surface area contributed by atoms with E-state index in [9.17, 15) is 39.6 Å². The average Bonchev–Trinajstić information content (AvgIpc) is 3.55. The van der Waals surface area contributed by atoms with Crippen LogP contribution in [0.15, 0.2) is 170 Å². The highest BCUT2D eigenvalue weighted by atomic mass is 16.5. The van der Waals surface area contributed by atoms with Gasteiger partial charge < -0.3 is 48.8 Å². The first-order valence-electron chi connectivity index (χ1n) is 24.1. The molecule has 0 unspecified atom stereocenters. The smallest absolute Gasteiger partial charge is 0.343 e. The minimum atomic E-state index is -0.727. The van der Waals surface area contributed by atoms with Crippen molar-refractivity contribution in [3.05, 3.63) is 225 Å². The highest BCUT2D eigenvalue weighted by Crippen LogP contribution is 2.41. The Morgan fingerprint density at radius 1 is 0.397 bits per heavy atom. The van der Waals surface area contributed by atoms with Crippen LogP contribution in [0.4, 0.5) is 22.7 Å². The van der Waals surface area contributed by atoms with Gasteiger partial charge in [0.05, 0.1) is 82.9 Å². The molecule has 8 aromatic rings. The Morgan fingerprint density at radius 2 is 0.833 bits per heavy atom. The summed E-state index contributed by atoms with van der Waals surface area (Å²) in [5, 5.41) is 40.6. The molecule has 0 aliphatic carbocycles. The Bertz CT molecular complexity index is 3310. The van der Waals surface area contributed by atoms with Gasteiger partial charge in [-0.1, -0.05) is 54.3 Å². The van der Waals surface area contributed by atoms with E-state index in [2.05, 4.69) is 11.8 Å². The minimum Gasteiger partial charge on any atom is -0.496 e. The third-order valence-electron chi connectivity index (χ3n) is 12.4. The van der Waals surface area contributed by atoms with Crippen molar-refractivity contribution in [2.75, 3.05) is 38.2 Å². The van der Waals surface area contributed by atoms with Crippen molar-refractivity contribution < 1.29 is 68.0 Å². The Balaban J connectivity index is 0.933. The SMILES string of the molecule is COc1cc(OC)c(C(=O)N(c2ccccc2)c2ccc(C(=O)Oc3ccc(C#Cc4ccc(OC(=O)c5ccc(N(C(=O)c6cc(CO)c(CO)cc6CO)c6ccccc6)c(CO)c5)cc4)cc3)cc2OC)cc1OC. The molecule has 394 valence electrons. The molecule has 0 bridgehead atoms. The number of hydrogen-bond acceptors (Lipinski definition) is 14. The molecule has 78 heavy (non-hydrogen) atoms. The summed E-state index contributed by atoms with van der Waals surface area (Å²) in [5.74, 6) is 5.31. The molecule has 16 heteroatoms. The summed E-state index contributed by atoms with van der Waals surface area (Å²) >= 11 is 0. The summed E-state index contributed by atoms with van der Waals surface area (Å²) < 4.78 is 33.6. The topological polar surface area (TPSA) is 211 Å². The Labute approximate surface area is 449 Å². The van der Waals surface area contributed by atoms with Crippen molar-refractivity contribution in [3.8, 4) is 46.3 Å². The summed E-state index contributed by atoms with van der Waals surface area (Å²) in [6.45, 7) is -1.95. The summed E-state index contributed by atoms with van der Waals surface area (Å²) in [6.07, 6.45) is 0. The van der Waals surface area contributed by atoms with Crippen molar-refractivity contribution in [1.29, 1.82) is 0 Å². The Hall–Kier alpha value is -9.76. The number of carbonyl (C=O) groups excluding carboxylic acids is 4. The number of aliphatic hydroxyl groups excluding tert-OH is 4. The number of aliphatic hydroxyl groups is 4. The lowest BCUT2D eigenvalue weighted by Crippen LogP contribution is -2.28. The van der Waals surface area contributed by atoms with Crippen LogP contribution in [0.5, 0.6) is 34.5 Å². The average molecular weight is 1050 g/mol. The van der Waals surface area contributed by atoms with E-state index in [4.69, 9.17) is 28.4 Å². The van der Waals surface area contributed by atoms with E-state index < -0.39 is 50.2 Å². The van der Waals surface area contributed by atoms with Gasteiger partial charge in [0.25, 0.3) is 11.8 Å². The maximum Gasteiger partial charge on any atom is 0.343 e. The zero-order chi connectivity index (χ0) is 55.3. The zero-order valence-electron chi connectivity index (χ0n) is 42.8. The van der Waals surface area contributed by atoms with Gasteiger partial charge in [0.2, 0.25) is 0 Å². The lowest BCUT2D eigenvalue weighted by molar-refractivity contribution is 0.0725. The molecule has 0 aliphatic heterocycles. The number of methoxy groups -OCH3 is 4. The molecule has 0 aromatic heterocycles. The van der Waals surface area contributed by atoms with E-state index in [1.54, 1.807) is 115 Å². The molecule has 16 nitrogen and oxygen atoms in total. The van der Waals surface area contributed by atoms with E-state index >= 15 is 0 Å². The molecule has 0 atom stereocenters. The summed E-state index contributed by atoms with van der Waals surface area (Å²) in [5.41, 5.74) is 4.39. The van der Waals surface area contributed by atoms with Crippen LogP contribution in [0.3, 0.4) is 0 Å². The molecule has 8 rings (SSSR count). The van der Waals surface area contributed by atoms with E-state index in [0.717, 1.165) is 0 Å². The fourth-order valence-electron chi connectivity index (χ4n) is 8.42. The van der Waals surface area contributed by atoms with Gasteiger partial charge in [-0.05, 0) is 132 Å². The van der Waals surface area contributed by atoms with Crippen LogP contribution in [-0.4, -0.2) is 72.6 Å². The van der Waals surface area contributed by atoms with Gasteiger partial charge in [0.1, 0.15) is 23.0 Å². The van der Waals surface area contributed by atoms with Crippen LogP contribution in [-0.2, 0) is 26.4 Å². The molecule has 2 amide bonds. The second-order valence-electron chi connectivity index (χ2n) is 17.1. The lowest BCUT2D eigenvalue weighted by atomic mass is 9.97. The first-order chi connectivity index (χ1) is 37.9. The number of benzene rings is 8. The zero-order valence-corrected chi connectivity index (χ0v) is 42.8. The van der Waals surface area contributed by atoms with Crippen LogP contribution in [0.25, 0.3) is 0 Å². The number of esters is 2. The first kappa shape index (κ1) is 54.5. The fraction of sp³-hybridized carbons (Fsp3) is 0.129. The number of nitrogens with zero attached hydrogens (tertiary/aromatic N) is 2. The normalized spacial score (nSPS) is 10.6.